The van der Waals surface area contributed by atoms with Gasteiger partial charge in [0.25, 0.3) is 0 Å². The summed E-state index contributed by atoms with van der Waals surface area (Å²) >= 11 is 0. The van der Waals surface area contributed by atoms with Crippen LogP contribution in [0.1, 0.15) is 52.2 Å². The molecule has 2 aromatic rings. The molecule has 0 aliphatic carbocycles. The Labute approximate surface area is 221 Å². The first-order valence-electron chi connectivity index (χ1n) is 13.3. The van der Waals surface area contributed by atoms with E-state index in [1.807, 2.05) is 75.4 Å². The molecule has 7 heteroatoms. The highest BCUT2D eigenvalue weighted by molar-refractivity contribution is 5.90. The summed E-state index contributed by atoms with van der Waals surface area (Å²) in [7, 11) is 0. The van der Waals surface area contributed by atoms with Crippen LogP contribution >= 0.6 is 0 Å². The van der Waals surface area contributed by atoms with E-state index in [1.54, 1.807) is 0 Å². The first-order chi connectivity index (χ1) is 17.6. The molecule has 2 N–H and O–H groups in total. The molecule has 0 bridgehead atoms. The number of rotatable bonds is 11. The number of ether oxygens (including phenoxy) is 2. The average molecular weight is 510 g/mol. The van der Waals surface area contributed by atoms with Gasteiger partial charge in [-0.1, -0.05) is 56.3 Å². The predicted molar refractivity (Wildman–Crippen MR) is 146 cm³/mol. The van der Waals surface area contributed by atoms with Gasteiger partial charge < -0.3 is 20.1 Å². The van der Waals surface area contributed by atoms with Crippen molar-refractivity contribution in [3.8, 4) is 5.75 Å². The molecular weight excluding hydrogens is 466 g/mol. The number of nitrogens with one attached hydrogen (secondary N) is 2. The summed E-state index contributed by atoms with van der Waals surface area (Å²) in [5.74, 6) is 0.823. The van der Waals surface area contributed by atoms with Gasteiger partial charge in [-0.25, -0.2) is 0 Å². The Kier molecular flexibility index (Phi) is 10.5. The highest BCUT2D eigenvalue weighted by Crippen LogP contribution is 2.18. The fourth-order valence-corrected chi connectivity index (χ4v) is 4.39. The van der Waals surface area contributed by atoms with Crippen LogP contribution in [0.2, 0.25) is 0 Å². The monoisotopic (exact) mass is 509 g/mol. The number of hydrogen-bond acceptors (Lipinski definition) is 5. The number of nitrogens with zero attached hydrogens (tertiary/aromatic N) is 1. The molecule has 1 saturated heterocycles. The Balaban J connectivity index is 1.70. The maximum absolute atomic E-state index is 13.5. The van der Waals surface area contributed by atoms with E-state index in [0.717, 1.165) is 23.3 Å². The lowest BCUT2D eigenvalue weighted by molar-refractivity contribution is -0.134. The lowest BCUT2D eigenvalue weighted by atomic mass is 9.99. The predicted octanol–water partition coefficient (Wildman–Crippen LogP) is 3.95. The van der Waals surface area contributed by atoms with Crippen molar-refractivity contribution in [2.75, 3.05) is 26.3 Å². The number of benzene rings is 2. The van der Waals surface area contributed by atoms with E-state index >= 15 is 0 Å². The zero-order valence-electron chi connectivity index (χ0n) is 23.0. The molecule has 3 rings (SSSR count). The second-order valence-electron chi connectivity index (χ2n) is 11.2. The molecule has 1 fully saturated rings. The fourth-order valence-electron chi connectivity index (χ4n) is 4.39. The van der Waals surface area contributed by atoms with Crippen LogP contribution in [0.3, 0.4) is 0 Å². The van der Waals surface area contributed by atoms with Gasteiger partial charge in [0, 0.05) is 25.0 Å². The van der Waals surface area contributed by atoms with Gasteiger partial charge in [-0.05, 0) is 56.4 Å². The van der Waals surface area contributed by atoms with Gasteiger partial charge in [0.1, 0.15) is 18.4 Å². The third-order valence-electron chi connectivity index (χ3n) is 6.23. The first-order valence-corrected chi connectivity index (χ1v) is 13.3. The van der Waals surface area contributed by atoms with E-state index in [4.69, 9.17) is 9.47 Å². The molecule has 202 valence electrons. The normalized spacial score (nSPS) is 16.2. The van der Waals surface area contributed by atoms with Crippen molar-refractivity contribution >= 4 is 11.8 Å². The van der Waals surface area contributed by atoms with Gasteiger partial charge in [0.05, 0.1) is 19.3 Å². The highest BCUT2D eigenvalue weighted by Gasteiger charge is 2.32. The smallest absolute Gasteiger partial charge is 0.243 e. The Morgan fingerprint density at radius 3 is 2.19 bits per heavy atom. The fraction of sp³-hybridized carbons (Fsp3) is 0.533. The van der Waals surface area contributed by atoms with Crippen LogP contribution in [0.4, 0.5) is 0 Å². The zero-order chi connectivity index (χ0) is 26.8. The minimum absolute atomic E-state index is 0.104. The van der Waals surface area contributed by atoms with Crippen LogP contribution in [-0.4, -0.2) is 60.6 Å². The second-order valence-corrected chi connectivity index (χ2v) is 11.2. The van der Waals surface area contributed by atoms with Gasteiger partial charge in [0.15, 0.2) is 0 Å². The van der Waals surface area contributed by atoms with Crippen molar-refractivity contribution < 1.29 is 19.1 Å². The number of amides is 2. The molecule has 0 radical (unpaired) electrons. The van der Waals surface area contributed by atoms with E-state index in [0.29, 0.717) is 45.2 Å². The SMILES string of the molecule is CC(C)C[C@@H](C(=O)N[C@@H](Cc1ccc(OCc2ccccc2)cc1)C(=O)NC(C)(C)C)N1CCOCC1. The third-order valence-corrected chi connectivity index (χ3v) is 6.23. The molecule has 0 saturated carbocycles. The molecule has 1 heterocycles. The maximum atomic E-state index is 13.5. The van der Waals surface area contributed by atoms with Crippen molar-refractivity contribution in [2.45, 2.75) is 71.7 Å². The number of carbonyl (C=O) groups is 2. The van der Waals surface area contributed by atoms with Crippen molar-refractivity contribution in [3.05, 3.63) is 65.7 Å². The van der Waals surface area contributed by atoms with E-state index in [1.165, 1.54) is 0 Å². The number of hydrogen-bond donors (Lipinski definition) is 2. The maximum Gasteiger partial charge on any atom is 0.243 e. The Morgan fingerprint density at radius 1 is 0.946 bits per heavy atom. The van der Waals surface area contributed by atoms with Gasteiger partial charge in [-0.15, -0.1) is 0 Å². The van der Waals surface area contributed by atoms with Crippen molar-refractivity contribution in [1.82, 2.24) is 15.5 Å². The molecule has 7 nitrogen and oxygen atoms in total. The minimum Gasteiger partial charge on any atom is -0.489 e. The van der Waals surface area contributed by atoms with Crippen molar-refractivity contribution in [2.24, 2.45) is 5.92 Å². The zero-order valence-corrected chi connectivity index (χ0v) is 23.0. The number of morpholine rings is 1. The van der Waals surface area contributed by atoms with Gasteiger partial charge >= 0.3 is 0 Å². The number of carbonyl (C=O) groups excluding carboxylic acids is 2. The topological polar surface area (TPSA) is 79.9 Å². The molecule has 2 atom stereocenters. The summed E-state index contributed by atoms with van der Waals surface area (Å²) in [4.78, 5) is 29.0. The van der Waals surface area contributed by atoms with Crippen LogP contribution in [0.5, 0.6) is 5.75 Å². The van der Waals surface area contributed by atoms with Crippen molar-refractivity contribution in [1.29, 1.82) is 0 Å². The van der Waals surface area contributed by atoms with E-state index < -0.39 is 11.6 Å². The summed E-state index contributed by atoms with van der Waals surface area (Å²) < 4.78 is 11.4. The van der Waals surface area contributed by atoms with E-state index in [9.17, 15) is 9.59 Å². The molecule has 0 unspecified atom stereocenters. The van der Waals surface area contributed by atoms with Crippen LogP contribution < -0.4 is 15.4 Å². The summed E-state index contributed by atoms with van der Waals surface area (Å²) in [6, 6.07) is 16.8. The lowest BCUT2D eigenvalue weighted by Gasteiger charge is -2.35. The molecule has 1 aliphatic rings. The molecular formula is C30H43N3O4. The van der Waals surface area contributed by atoms with Crippen LogP contribution in [0.15, 0.2) is 54.6 Å². The molecule has 0 spiro atoms. The van der Waals surface area contributed by atoms with Crippen molar-refractivity contribution in [3.63, 3.8) is 0 Å². The van der Waals surface area contributed by atoms with Gasteiger partial charge in [0.2, 0.25) is 11.8 Å². The Morgan fingerprint density at radius 2 is 1.59 bits per heavy atom. The van der Waals surface area contributed by atoms with Gasteiger partial charge in [-0.2, -0.15) is 0 Å². The Bertz CT molecular complexity index is 980. The highest BCUT2D eigenvalue weighted by atomic mass is 16.5. The molecule has 0 aromatic heterocycles. The molecule has 2 amide bonds. The molecule has 1 aliphatic heterocycles. The molecule has 2 aromatic carbocycles. The first kappa shape index (κ1) is 28.7. The van der Waals surface area contributed by atoms with E-state index in [-0.39, 0.29) is 17.9 Å². The average Bonchev–Trinajstić information content (AvgIpc) is 2.86. The lowest BCUT2D eigenvalue weighted by Crippen LogP contribution is -2.58. The summed E-state index contributed by atoms with van der Waals surface area (Å²) in [6.07, 6.45) is 1.12. The largest absolute Gasteiger partial charge is 0.489 e. The minimum atomic E-state index is -0.682. The quantitative estimate of drug-likeness (QED) is 0.480. The van der Waals surface area contributed by atoms with Crippen LogP contribution in [-0.2, 0) is 27.4 Å². The summed E-state index contributed by atoms with van der Waals surface area (Å²) in [6.45, 7) is 13.2. The summed E-state index contributed by atoms with van der Waals surface area (Å²) in [5, 5.41) is 6.13. The van der Waals surface area contributed by atoms with Gasteiger partial charge in [-0.3, -0.25) is 14.5 Å². The van der Waals surface area contributed by atoms with Crippen LogP contribution in [0, 0.1) is 5.92 Å². The standard InChI is InChI=1S/C30H43N3O4/c1-22(2)19-27(33-15-17-36-18-16-33)29(35)31-26(28(34)32-30(3,4)5)20-23-11-13-25(14-12-23)37-21-24-9-7-6-8-10-24/h6-14,22,26-27H,15-21H2,1-5H3,(H,31,35)(H,32,34)/t26-,27-/m0/s1. The Hall–Kier alpha value is -2.90. The third kappa shape index (κ3) is 9.82. The molecule has 37 heavy (non-hydrogen) atoms. The van der Waals surface area contributed by atoms with Crippen LogP contribution in [0.25, 0.3) is 0 Å². The summed E-state index contributed by atoms with van der Waals surface area (Å²) in [5.41, 5.74) is 1.65. The van der Waals surface area contributed by atoms with E-state index in [2.05, 4.69) is 29.4 Å². The second kappa shape index (κ2) is 13.6.